The first kappa shape index (κ1) is 18.8. The lowest BCUT2D eigenvalue weighted by atomic mass is 10.1. The van der Waals surface area contributed by atoms with Gasteiger partial charge in [0.15, 0.2) is 0 Å². The number of benzene rings is 2. The summed E-state index contributed by atoms with van der Waals surface area (Å²) in [6, 6.07) is 14.3. The lowest BCUT2D eigenvalue weighted by Crippen LogP contribution is -2.35. The summed E-state index contributed by atoms with van der Waals surface area (Å²) in [5, 5.41) is 1.03. The van der Waals surface area contributed by atoms with Crippen LogP contribution >= 0.6 is 11.3 Å². The maximum atomic E-state index is 12.3. The summed E-state index contributed by atoms with van der Waals surface area (Å²) in [4.78, 5) is 0. The minimum absolute atomic E-state index is 0.615. The second kappa shape index (κ2) is 6.33. The molecule has 0 amide bonds. The van der Waals surface area contributed by atoms with Gasteiger partial charge >= 0.3 is 0 Å². The van der Waals surface area contributed by atoms with Crippen LogP contribution in [0.5, 0.6) is 0 Å². The van der Waals surface area contributed by atoms with E-state index in [1.165, 1.54) is 15.3 Å². The van der Waals surface area contributed by atoms with Crippen LogP contribution in [0.15, 0.2) is 42.5 Å². The fourth-order valence-electron chi connectivity index (χ4n) is 2.90. The molecule has 0 radical (unpaired) electrons. The van der Waals surface area contributed by atoms with Gasteiger partial charge in [0.2, 0.25) is 15.5 Å². The van der Waals surface area contributed by atoms with Gasteiger partial charge in [0.05, 0.1) is 38.6 Å². The monoisotopic (exact) mass is 391 g/mol. The number of sulfonamides is 1. The van der Waals surface area contributed by atoms with Crippen molar-refractivity contribution in [3.8, 4) is 10.6 Å². The average Bonchev–Trinajstić information content (AvgIpc) is 2.89. The molecule has 0 atom stereocenters. The van der Waals surface area contributed by atoms with E-state index in [-0.39, 0.29) is 0 Å². The number of quaternary nitrogens is 1. The summed E-state index contributed by atoms with van der Waals surface area (Å²) < 4.78 is 29.8. The van der Waals surface area contributed by atoms with Gasteiger partial charge in [-0.3, -0.25) is 8.79 Å². The summed E-state index contributed by atoms with van der Waals surface area (Å²) in [6.45, 7) is 0. The average molecular weight is 392 g/mol. The maximum absolute atomic E-state index is 12.3. The standard InChI is InChI=1S/C19H25N3O2S2/c1-20-16-9-7-8-10-18(16)25-19(20)15-12-11-14(22(3,4)5)13-17(15)21(2)26(6,23)24/h7-13H,1-6H3/q+2. The lowest BCUT2D eigenvalue weighted by molar-refractivity contribution is -0.629. The molecule has 0 aliphatic carbocycles. The molecule has 0 N–H and O–H groups in total. The van der Waals surface area contributed by atoms with Crippen LogP contribution in [0.4, 0.5) is 11.4 Å². The third kappa shape index (κ3) is 3.34. The maximum Gasteiger partial charge on any atom is 0.272 e. The first-order valence-electron chi connectivity index (χ1n) is 8.28. The number of fused-ring (bicyclic) bond motifs is 1. The van der Waals surface area contributed by atoms with Crippen molar-refractivity contribution in [1.29, 1.82) is 0 Å². The van der Waals surface area contributed by atoms with Gasteiger partial charge in [0, 0.05) is 25.2 Å². The molecule has 3 aromatic rings. The van der Waals surface area contributed by atoms with Gasteiger partial charge in [-0.05, 0) is 12.1 Å². The molecular weight excluding hydrogens is 366 g/mol. The molecule has 0 aliphatic heterocycles. The summed E-state index contributed by atoms with van der Waals surface area (Å²) in [5.41, 5.74) is 3.79. The Kier molecular flexibility index (Phi) is 4.58. The smallest absolute Gasteiger partial charge is 0.272 e. The molecule has 0 saturated carbocycles. The van der Waals surface area contributed by atoms with E-state index in [9.17, 15) is 8.42 Å². The molecule has 26 heavy (non-hydrogen) atoms. The van der Waals surface area contributed by atoms with Crippen LogP contribution < -0.4 is 13.4 Å². The largest absolute Gasteiger partial charge is 0.298 e. The number of rotatable bonds is 4. The highest BCUT2D eigenvalue weighted by Gasteiger charge is 2.27. The topological polar surface area (TPSA) is 41.3 Å². The first-order valence-corrected chi connectivity index (χ1v) is 10.9. The summed E-state index contributed by atoms with van der Waals surface area (Å²) in [6.07, 6.45) is 1.24. The normalized spacial score (nSPS) is 12.5. The Morgan fingerprint density at radius 1 is 1.08 bits per heavy atom. The van der Waals surface area contributed by atoms with E-state index < -0.39 is 10.0 Å². The number of para-hydroxylation sites is 1. The van der Waals surface area contributed by atoms with Crippen molar-refractivity contribution in [2.24, 2.45) is 7.05 Å². The zero-order valence-corrected chi connectivity index (χ0v) is 17.6. The van der Waals surface area contributed by atoms with Crippen molar-refractivity contribution < 1.29 is 13.0 Å². The zero-order chi connectivity index (χ0) is 19.3. The number of aryl methyl sites for hydroxylation is 1. The molecule has 0 fully saturated rings. The highest BCUT2D eigenvalue weighted by molar-refractivity contribution is 7.92. The van der Waals surface area contributed by atoms with Crippen LogP contribution in [0.1, 0.15) is 0 Å². The Morgan fingerprint density at radius 3 is 2.31 bits per heavy atom. The van der Waals surface area contributed by atoms with Crippen LogP contribution in [0.3, 0.4) is 0 Å². The number of aromatic nitrogens is 1. The zero-order valence-electron chi connectivity index (χ0n) is 16.0. The number of nitrogens with zero attached hydrogens (tertiary/aromatic N) is 3. The van der Waals surface area contributed by atoms with Gasteiger partial charge in [-0.1, -0.05) is 23.5 Å². The molecule has 5 nitrogen and oxygen atoms in total. The van der Waals surface area contributed by atoms with E-state index in [1.807, 2.05) is 31.3 Å². The highest BCUT2D eigenvalue weighted by atomic mass is 32.2. The second-order valence-electron chi connectivity index (χ2n) is 7.38. The van der Waals surface area contributed by atoms with Crippen molar-refractivity contribution in [2.45, 2.75) is 0 Å². The molecule has 0 aliphatic rings. The fraction of sp³-hybridized carbons (Fsp3) is 0.316. The Labute approximate surface area is 159 Å². The molecule has 1 aromatic heterocycles. The van der Waals surface area contributed by atoms with Gasteiger partial charge in [0.25, 0.3) is 5.01 Å². The van der Waals surface area contributed by atoms with Crippen molar-refractivity contribution in [3.05, 3.63) is 42.5 Å². The van der Waals surface area contributed by atoms with E-state index in [0.29, 0.717) is 10.2 Å². The highest BCUT2D eigenvalue weighted by Crippen LogP contribution is 2.38. The second-order valence-corrected chi connectivity index (χ2v) is 10.4. The molecule has 1 heterocycles. The third-order valence-corrected chi connectivity index (χ3v) is 7.00. The molecular formula is C19H25N3O2S2+2. The van der Waals surface area contributed by atoms with E-state index in [2.05, 4.69) is 43.9 Å². The summed E-state index contributed by atoms with van der Waals surface area (Å²) in [7, 11) is 6.47. The third-order valence-electron chi connectivity index (χ3n) is 4.56. The van der Waals surface area contributed by atoms with Crippen LogP contribution in [0.2, 0.25) is 0 Å². The fourth-order valence-corrected chi connectivity index (χ4v) is 4.59. The van der Waals surface area contributed by atoms with Crippen LogP contribution in [-0.4, -0.2) is 42.9 Å². The van der Waals surface area contributed by atoms with Gasteiger partial charge in [-0.25, -0.2) is 8.42 Å². The Balaban J connectivity index is 2.31. The van der Waals surface area contributed by atoms with Crippen LogP contribution in [0, 0.1) is 0 Å². The Bertz CT molecular complexity index is 1080. The van der Waals surface area contributed by atoms with E-state index >= 15 is 0 Å². The molecule has 0 spiro atoms. The summed E-state index contributed by atoms with van der Waals surface area (Å²) in [5.74, 6) is 0. The Morgan fingerprint density at radius 2 is 1.73 bits per heavy atom. The van der Waals surface area contributed by atoms with Gasteiger partial charge in [0.1, 0.15) is 17.4 Å². The van der Waals surface area contributed by atoms with Crippen molar-refractivity contribution in [2.75, 3.05) is 38.8 Å². The molecule has 0 unspecified atom stereocenters. The van der Waals surface area contributed by atoms with Gasteiger partial charge in [-0.2, -0.15) is 4.57 Å². The van der Waals surface area contributed by atoms with E-state index in [4.69, 9.17) is 0 Å². The molecule has 3 rings (SSSR count). The summed E-state index contributed by atoms with van der Waals surface area (Å²) >= 11 is 1.67. The quantitative estimate of drug-likeness (QED) is 0.507. The minimum atomic E-state index is -3.37. The first-order chi connectivity index (χ1) is 12.0. The molecule has 0 bridgehead atoms. The number of anilines is 1. The van der Waals surface area contributed by atoms with Crippen LogP contribution in [-0.2, 0) is 17.1 Å². The number of thiazole rings is 1. The van der Waals surface area contributed by atoms with Gasteiger partial charge in [-0.15, -0.1) is 0 Å². The van der Waals surface area contributed by atoms with Crippen molar-refractivity contribution >= 4 is 43.0 Å². The minimum Gasteiger partial charge on any atom is -0.298 e. The SMILES string of the molecule is CN(c1cc([N+](C)(C)C)ccc1-c1sc2ccccc2[n+]1C)S(C)(=O)=O. The van der Waals surface area contributed by atoms with E-state index in [0.717, 1.165) is 21.8 Å². The molecule has 138 valence electrons. The lowest BCUT2D eigenvalue weighted by Gasteiger charge is -2.26. The molecule has 7 heteroatoms. The van der Waals surface area contributed by atoms with Crippen molar-refractivity contribution in [3.63, 3.8) is 0 Å². The molecule has 0 saturated heterocycles. The number of hydrogen-bond acceptors (Lipinski definition) is 3. The Hall–Kier alpha value is -1.96. The molecule has 2 aromatic carbocycles. The predicted octanol–water partition coefficient (Wildman–Crippen LogP) is 2.99. The van der Waals surface area contributed by atoms with Crippen molar-refractivity contribution in [1.82, 2.24) is 4.48 Å². The van der Waals surface area contributed by atoms with Crippen LogP contribution in [0.25, 0.3) is 20.8 Å². The predicted molar refractivity (Wildman–Crippen MR) is 111 cm³/mol. The van der Waals surface area contributed by atoms with E-state index in [1.54, 1.807) is 18.4 Å². The number of hydrogen-bond donors (Lipinski definition) is 0. The van der Waals surface area contributed by atoms with Gasteiger partial charge < -0.3 is 0 Å².